The molecule has 1 aliphatic rings. The number of aryl methyl sites for hydroxylation is 1. The van der Waals surface area contributed by atoms with Gasteiger partial charge in [-0.05, 0) is 26.0 Å². The third kappa shape index (κ3) is 2.71. The average Bonchev–Trinajstić information content (AvgIpc) is 3.21. The lowest BCUT2D eigenvalue weighted by Gasteiger charge is -2.32. The summed E-state index contributed by atoms with van der Waals surface area (Å²) in [6, 6.07) is 5.67. The Kier molecular flexibility index (Phi) is 3.90. The Morgan fingerprint density at radius 1 is 1.31 bits per heavy atom. The van der Waals surface area contributed by atoms with Crippen LogP contribution in [0.1, 0.15) is 30.0 Å². The predicted molar refractivity (Wildman–Crippen MR) is 93.2 cm³/mol. The molecule has 0 saturated heterocycles. The minimum atomic E-state index is -0.249. The van der Waals surface area contributed by atoms with Gasteiger partial charge in [0, 0.05) is 24.0 Å². The van der Waals surface area contributed by atoms with E-state index in [0.717, 1.165) is 11.5 Å². The second-order valence-electron chi connectivity index (χ2n) is 6.51. The summed E-state index contributed by atoms with van der Waals surface area (Å²) in [6.45, 7) is 4.69. The highest BCUT2D eigenvalue weighted by molar-refractivity contribution is 5.79. The summed E-state index contributed by atoms with van der Waals surface area (Å²) in [5, 5.41) is 13.8. The lowest BCUT2D eigenvalue weighted by atomic mass is 10.1. The topological polar surface area (TPSA) is 113 Å². The van der Waals surface area contributed by atoms with E-state index >= 15 is 0 Å². The van der Waals surface area contributed by atoms with Crippen LogP contribution in [0.4, 0.5) is 0 Å². The number of amides is 1. The standard InChI is InChI=1S/C17H19N7O2/c1-10-8-23(15(25)7-12-11(2)19-22-17(12)26)9-14-20-21-16(24(10)14)13-5-3-4-6-18-13/h3-6,10H,7-9H2,1-2H3,(H2,19,22,26)/t10-/m0/s1. The van der Waals surface area contributed by atoms with Crippen LogP contribution in [-0.2, 0) is 17.8 Å². The molecule has 1 amide bonds. The molecule has 0 bridgehead atoms. The number of hydrogen-bond donors (Lipinski definition) is 2. The summed E-state index contributed by atoms with van der Waals surface area (Å²) in [7, 11) is 0. The molecule has 0 radical (unpaired) electrons. The molecule has 4 heterocycles. The monoisotopic (exact) mass is 353 g/mol. The van der Waals surface area contributed by atoms with Crippen LogP contribution in [0.5, 0.6) is 0 Å². The van der Waals surface area contributed by atoms with Gasteiger partial charge in [0.1, 0.15) is 5.69 Å². The number of nitrogens with zero attached hydrogens (tertiary/aromatic N) is 5. The maximum atomic E-state index is 12.7. The number of hydrogen-bond acceptors (Lipinski definition) is 5. The van der Waals surface area contributed by atoms with Gasteiger partial charge in [-0.25, -0.2) is 0 Å². The number of aromatic nitrogens is 6. The second kappa shape index (κ2) is 6.25. The van der Waals surface area contributed by atoms with Crippen molar-refractivity contribution in [3.05, 3.63) is 51.8 Å². The molecule has 9 heteroatoms. The van der Waals surface area contributed by atoms with Crippen molar-refractivity contribution < 1.29 is 4.79 Å². The minimum absolute atomic E-state index is 0.0142. The van der Waals surface area contributed by atoms with Crippen molar-refractivity contribution in [2.45, 2.75) is 32.9 Å². The maximum Gasteiger partial charge on any atom is 0.267 e. The first-order valence-electron chi connectivity index (χ1n) is 8.43. The van der Waals surface area contributed by atoms with Crippen molar-refractivity contribution in [3.8, 4) is 11.5 Å². The van der Waals surface area contributed by atoms with Crippen LogP contribution >= 0.6 is 0 Å². The summed E-state index contributed by atoms with van der Waals surface area (Å²) in [6.07, 6.45) is 1.79. The Bertz CT molecular complexity index is 1000. The van der Waals surface area contributed by atoms with E-state index in [4.69, 9.17) is 0 Å². The highest BCUT2D eigenvalue weighted by Crippen LogP contribution is 2.26. The van der Waals surface area contributed by atoms with E-state index in [2.05, 4.69) is 25.4 Å². The molecule has 1 aliphatic heterocycles. The van der Waals surface area contributed by atoms with E-state index in [1.807, 2.05) is 29.7 Å². The summed E-state index contributed by atoms with van der Waals surface area (Å²) < 4.78 is 2.03. The Hall–Kier alpha value is -3.23. The lowest BCUT2D eigenvalue weighted by Crippen LogP contribution is -2.41. The number of nitrogens with one attached hydrogen (secondary N) is 2. The Morgan fingerprint density at radius 3 is 2.85 bits per heavy atom. The molecule has 2 N–H and O–H groups in total. The van der Waals surface area contributed by atoms with Gasteiger partial charge in [-0.3, -0.25) is 19.7 Å². The zero-order chi connectivity index (χ0) is 18.3. The van der Waals surface area contributed by atoms with Crippen molar-refractivity contribution in [1.29, 1.82) is 0 Å². The molecular formula is C17H19N7O2. The molecule has 0 aromatic carbocycles. The molecule has 0 fully saturated rings. The van der Waals surface area contributed by atoms with Gasteiger partial charge in [0.05, 0.1) is 19.0 Å². The highest BCUT2D eigenvalue weighted by atomic mass is 16.2. The zero-order valence-corrected chi connectivity index (χ0v) is 14.6. The molecule has 0 spiro atoms. The van der Waals surface area contributed by atoms with E-state index in [-0.39, 0.29) is 23.9 Å². The van der Waals surface area contributed by atoms with Crippen molar-refractivity contribution in [2.24, 2.45) is 0 Å². The number of carbonyl (C=O) groups is 1. The first-order chi connectivity index (χ1) is 12.5. The molecule has 4 rings (SSSR count). The van der Waals surface area contributed by atoms with Crippen molar-refractivity contribution in [3.63, 3.8) is 0 Å². The molecule has 9 nitrogen and oxygen atoms in total. The molecule has 3 aromatic heterocycles. The van der Waals surface area contributed by atoms with Gasteiger partial charge < -0.3 is 14.6 Å². The van der Waals surface area contributed by atoms with Crippen LogP contribution in [0.15, 0.2) is 29.2 Å². The Morgan fingerprint density at radius 2 is 2.15 bits per heavy atom. The van der Waals surface area contributed by atoms with Crippen molar-refractivity contribution >= 4 is 5.91 Å². The summed E-state index contributed by atoms with van der Waals surface area (Å²) in [5.41, 5.74) is 1.67. The van der Waals surface area contributed by atoms with Gasteiger partial charge >= 0.3 is 0 Å². The molecule has 0 aliphatic carbocycles. The van der Waals surface area contributed by atoms with Crippen LogP contribution in [0.3, 0.4) is 0 Å². The Balaban J connectivity index is 1.58. The number of H-pyrrole nitrogens is 2. The van der Waals surface area contributed by atoms with Gasteiger partial charge in [-0.15, -0.1) is 10.2 Å². The van der Waals surface area contributed by atoms with Gasteiger partial charge in [-0.1, -0.05) is 6.07 Å². The number of pyridine rings is 1. The summed E-state index contributed by atoms with van der Waals surface area (Å²) in [4.78, 5) is 30.5. The minimum Gasteiger partial charge on any atom is -0.333 e. The summed E-state index contributed by atoms with van der Waals surface area (Å²) >= 11 is 0. The van der Waals surface area contributed by atoms with Gasteiger partial charge in [-0.2, -0.15) is 0 Å². The van der Waals surface area contributed by atoms with E-state index in [9.17, 15) is 9.59 Å². The first-order valence-corrected chi connectivity index (χ1v) is 8.43. The predicted octanol–water partition coefficient (Wildman–Crippen LogP) is 0.811. The Labute approximate surface area is 149 Å². The van der Waals surface area contributed by atoms with Gasteiger partial charge in [0.2, 0.25) is 5.91 Å². The van der Waals surface area contributed by atoms with Crippen LogP contribution in [-0.4, -0.2) is 47.3 Å². The fourth-order valence-electron chi connectivity index (χ4n) is 3.34. The average molecular weight is 353 g/mol. The fourth-order valence-corrected chi connectivity index (χ4v) is 3.34. The first kappa shape index (κ1) is 16.2. The van der Waals surface area contributed by atoms with Crippen LogP contribution in [0.2, 0.25) is 0 Å². The third-order valence-corrected chi connectivity index (χ3v) is 4.69. The molecule has 0 saturated carbocycles. The van der Waals surface area contributed by atoms with Crippen molar-refractivity contribution in [2.75, 3.05) is 6.54 Å². The van der Waals surface area contributed by atoms with E-state index in [1.54, 1.807) is 18.0 Å². The third-order valence-electron chi connectivity index (χ3n) is 4.69. The van der Waals surface area contributed by atoms with Gasteiger partial charge in [0.15, 0.2) is 11.6 Å². The molecular weight excluding hydrogens is 334 g/mol. The van der Waals surface area contributed by atoms with Crippen LogP contribution in [0, 0.1) is 6.92 Å². The van der Waals surface area contributed by atoms with Gasteiger partial charge in [0.25, 0.3) is 5.56 Å². The second-order valence-corrected chi connectivity index (χ2v) is 6.51. The molecule has 134 valence electrons. The quantitative estimate of drug-likeness (QED) is 0.723. The van der Waals surface area contributed by atoms with Crippen LogP contribution in [0.25, 0.3) is 11.5 Å². The van der Waals surface area contributed by atoms with Crippen LogP contribution < -0.4 is 5.56 Å². The lowest BCUT2D eigenvalue weighted by molar-refractivity contribution is -0.132. The number of carbonyl (C=O) groups excluding carboxylic acids is 1. The molecule has 0 unspecified atom stereocenters. The number of aromatic amines is 2. The maximum absolute atomic E-state index is 12.7. The van der Waals surface area contributed by atoms with E-state index in [1.165, 1.54) is 0 Å². The van der Waals surface area contributed by atoms with Crippen molar-refractivity contribution in [1.82, 2.24) is 34.8 Å². The van der Waals surface area contributed by atoms with E-state index in [0.29, 0.717) is 30.2 Å². The smallest absolute Gasteiger partial charge is 0.267 e. The largest absolute Gasteiger partial charge is 0.333 e. The number of rotatable bonds is 3. The fraction of sp³-hybridized carbons (Fsp3) is 0.353. The molecule has 3 aromatic rings. The number of fused-ring (bicyclic) bond motifs is 1. The zero-order valence-electron chi connectivity index (χ0n) is 14.6. The van der Waals surface area contributed by atoms with E-state index < -0.39 is 0 Å². The molecule has 26 heavy (non-hydrogen) atoms. The SMILES string of the molecule is Cc1[nH][nH]c(=O)c1CC(=O)N1Cc2nnc(-c3ccccn3)n2[C@@H](C)C1. The highest BCUT2D eigenvalue weighted by Gasteiger charge is 2.30. The molecule has 1 atom stereocenters. The summed E-state index contributed by atoms with van der Waals surface area (Å²) in [5.74, 6) is 1.33. The normalized spacial score (nSPS) is 16.5.